The average Bonchev–Trinajstić information content (AvgIpc) is 2.83. The molecule has 0 unspecified atom stereocenters. The minimum atomic E-state index is -0.347. The van der Waals surface area contributed by atoms with E-state index in [0.29, 0.717) is 39.4 Å². The molecule has 2 amide bonds. The molecule has 0 aromatic heterocycles. The summed E-state index contributed by atoms with van der Waals surface area (Å²) in [5, 5.41) is 1.42. The molecular formula is C30H28N2O3. The van der Waals surface area contributed by atoms with E-state index in [1.807, 2.05) is 48.5 Å². The number of carbonyl (C=O) groups is 2. The number of nitrogens with two attached hydrogens (primary N) is 1. The molecule has 176 valence electrons. The predicted molar refractivity (Wildman–Crippen MR) is 141 cm³/mol. The smallest absolute Gasteiger partial charge is 0.266 e. The Hall–Kier alpha value is -4.12. The highest BCUT2D eigenvalue weighted by Crippen LogP contribution is 2.42. The fourth-order valence-electron chi connectivity index (χ4n) is 4.81. The molecule has 5 heteroatoms. The van der Waals surface area contributed by atoms with E-state index in [-0.39, 0.29) is 23.7 Å². The van der Waals surface area contributed by atoms with Gasteiger partial charge in [0, 0.05) is 10.9 Å². The number of para-hydroxylation sites is 3. The van der Waals surface area contributed by atoms with E-state index < -0.39 is 0 Å². The maximum atomic E-state index is 14.1. The number of carbonyl (C=O) groups excluding carboxylic acids is 2. The van der Waals surface area contributed by atoms with Crippen molar-refractivity contribution >= 4 is 34.0 Å². The van der Waals surface area contributed by atoms with Crippen LogP contribution in [0.15, 0.2) is 72.8 Å². The number of amides is 2. The van der Waals surface area contributed by atoms with Crippen molar-refractivity contribution in [2.45, 2.75) is 39.5 Å². The molecule has 35 heavy (non-hydrogen) atoms. The van der Waals surface area contributed by atoms with Gasteiger partial charge in [0.25, 0.3) is 11.8 Å². The summed E-state index contributed by atoms with van der Waals surface area (Å²) in [7, 11) is 0. The Labute approximate surface area is 205 Å². The number of hydrogen-bond donors (Lipinski definition) is 1. The van der Waals surface area contributed by atoms with Crippen molar-refractivity contribution in [2.24, 2.45) is 0 Å². The molecule has 5 nitrogen and oxygen atoms in total. The zero-order valence-corrected chi connectivity index (χ0v) is 20.3. The summed E-state index contributed by atoms with van der Waals surface area (Å²) >= 11 is 0. The van der Waals surface area contributed by atoms with Crippen LogP contribution < -0.4 is 15.4 Å². The molecule has 0 spiro atoms. The third kappa shape index (κ3) is 3.73. The number of anilines is 2. The van der Waals surface area contributed by atoms with E-state index in [4.69, 9.17) is 10.5 Å². The van der Waals surface area contributed by atoms with E-state index in [1.165, 1.54) is 4.90 Å². The Bertz CT molecular complexity index is 1460. The molecule has 2 N–H and O–H groups in total. The SMILES string of the molecule is CC(C)c1cccc(C(C)C)c1N1C(=O)c2cccc3cc(Oc4ccccc4N)cc(c23)C1=O. The molecule has 1 aliphatic rings. The Morgan fingerprint density at radius 1 is 0.743 bits per heavy atom. The second-order valence-electron chi connectivity index (χ2n) is 9.55. The van der Waals surface area contributed by atoms with Crippen molar-refractivity contribution in [3.63, 3.8) is 0 Å². The minimum absolute atomic E-state index is 0.136. The largest absolute Gasteiger partial charge is 0.455 e. The van der Waals surface area contributed by atoms with Crippen molar-refractivity contribution in [2.75, 3.05) is 10.6 Å². The lowest BCUT2D eigenvalue weighted by molar-refractivity contribution is 0.0892. The standard InChI is InChI=1S/C30H28N2O3/c1-17(2)21-10-8-11-22(18(3)4)28(21)32-29(33)23-12-7-9-19-15-20(16-24(27(19)23)30(32)34)35-26-14-6-5-13-25(26)31/h5-18H,31H2,1-4H3. The van der Waals surface area contributed by atoms with Crippen LogP contribution in [0, 0.1) is 0 Å². The molecule has 1 heterocycles. The zero-order chi connectivity index (χ0) is 24.9. The topological polar surface area (TPSA) is 72.6 Å². The number of imide groups is 1. The van der Waals surface area contributed by atoms with Crippen LogP contribution in [0.1, 0.15) is 71.4 Å². The van der Waals surface area contributed by atoms with Gasteiger partial charge in [-0.1, -0.05) is 70.2 Å². The first-order chi connectivity index (χ1) is 16.8. The number of benzene rings is 4. The maximum Gasteiger partial charge on any atom is 0.266 e. The summed E-state index contributed by atoms with van der Waals surface area (Å²) in [5.74, 6) is 0.628. The highest BCUT2D eigenvalue weighted by atomic mass is 16.5. The van der Waals surface area contributed by atoms with Gasteiger partial charge in [-0.15, -0.1) is 0 Å². The first kappa shape index (κ1) is 22.7. The monoisotopic (exact) mass is 464 g/mol. The highest BCUT2D eigenvalue weighted by Gasteiger charge is 2.37. The van der Waals surface area contributed by atoms with Gasteiger partial charge < -0.3 is 10.5 Å². The quantitative estimate of drug-likeness (QED) is 0.249. The van der Waals surface area contributed by atoms with E-state index in [1.54, 1.807) is 24.3 Å². The number of nitrogens with zero attached hydrogens (tertiary/aromatic N) is 1. The third-order valence-electron chi connectivity index (χ3n) is 6.53. The van der Waals surface area contributed by atoms with Gasteiger partial charge in [-0.3, -0.25) is 9.59 Å². The predicted octanol–water partition coefficient (Wildman–Crippen LogP) is 7.26. The average molecular weight is 465 g/mol. The van der Waals surface area contributed by atoms with Gasteiger partial charge in [-0.2, -0.15) is 0 Å². The molecule has 0 aliphatic carbocycles. The van der Waals surface area contributed by atoms with Crippen LogP contribution in [0.2, 0.25) is 0 Å². The summed E-state index contributed by atoms with van der Waals surface area (Å²) in [6.45, 7) is 8.30. The van der Waals surface area contributed by atoms with E-state index in [0.717, 1.165) is 16.5 Å². The van der Waals surface area contributed by atoms with Crippen molar-refractivity contribution in [1.29, 1.82) is 0 Å². The van der Waals surface area contributed by atoms with Gasteiger partial charge in [0.15, 0.2) is 0 Å². The van der Waals surface area contributed by atoms with Crippen LogP contribution in [0.5, 0.6) is 11.5 Å². The summed E-state index contributed by atoms with van der Waals surface area (Å²) in [4.78, 5) is 29.3. The number of rotatable bonds is 5. The molecule has 5 rings (SSSR count). The lowest BCUT2D eigenvalue weighted by atomic mass is 9.88. The van der Waals surface area contributed by atoms with Crippen LogP contribution in [0.3, 0.4) is 0 Å². The molecule has 0 radical (unpaired) electrons. The van der Waals surface area contributed by atoms with Gasteiger partial charge in [0.1, 0.15) is 11.5 Å². The molecular weight excluding hydrogens is 436 g/mol. The second-order valence-corrected chi connectivity index (χ2v) is 9.55. The van der Waals surface area contributed by atoms with Gasteiger partial charge in [0.2, 0.25) is 0 Å². The summed E-state index contributed by atoms with van der Waals surface area (Å²) in [6.07, 6.45) is 0. The molecule has 1 aliphatic heterocycles. The van der Waals surface area contributed by atoms with Gasteiger partial charge in [-0.05, 0) is 58.7 Å². The molecule has 0 atom stereocenters. The molecule has 4 aromatic carbocycles. The third-order valence-corrected chi connectivity index (χ3v) is 6.53. The lowest BCUT2D eigenvalue weighted by Gasteiger charge is -2.32. The second kappa shape index (κ2) is 8.58. The van der Waals surface area contributed by atoms with Crippen LogP contribution in [0.4, 0.5) is 11.4 Å². The van der Waals surface area contributed by atoms with Crippen molar-refractivity contribution in [3.05, 3.63) is 95.1 Å². The normalized spacial score (nSPS) is 13.3. The van der Waals surface area contributed by atoms with Crippen LogP contribution in [0.25, 0.3) is 10.8 Å². The Kier molecular flexibility index (Phi) is 5.56. The fourth-order valence-corrected chi connectivity index (χ4v) is 4.81. The van der Waals surface area contributed by atoms with Crippen LogP contribution in [-0.4, -0.2) is 11.8 Å². The van der Waals surface area contributed by atoms with Gasteiger partial charge >= 0.3 is 0 Å². The summed E-state index contributed by atoms with van der Waals surface area (Å²) in [5.41, 5.74) is 10.2. The zero-order valence-electron chi connectivity index (χ0n) is 20.3. The minimum Gasteiger partial charge on any atom is -0.455 e. The van der Waals surface area contributed by atoms with E-state index in [2.05, 4.69) is 27.7 Å². The Balaban J connectivity index is 1.72. The van der Waals surface area contributed by atoms with Crippen molar-refractivity contribution < 1.29 is 14.3 Å². The number of nitrogen functional groups attached to an aromatic ring is 1. The molecule has 0 saturated heterocycles. The molecule has 0 bridgehead atoms. The number of ether oxygens (including phenoxy) is 1. The fraction of sp³-hybridized carbons (Fsp3) is 0.200. The van der Waals surface area contributed by atoms with Crippen molar-refractivity contribution in [1.82, 2.24) is 0 Å². The maximum absolute atomic E-state index is 14.1. The molecule has 4 aromatic rings. The summed E-state index contributed by atoms with van der Waals surface area (Å²) in [6, 6.07) is 22.3. The van der Waals surface area contributed by atoms with Gasteiger partial charge in [-0.25, -0.2) is 4.90 Å². The first-order valence-electron chi connectivity index (χ1n) is 11.9. The number of hydrogen-bond acceptors (Lipinski definition) is 4. The highest BCUT2D eigenvalue weighted by molar-refractivity contribution is 6.36. The Morgan fingerprint density at radius 3 is 2.03 bits per heavy atom. The van der Waals surface area contributed by atoms with Gasteiger partial charge in [0.05, 0.1) is 16.9 Å². The van der Waals surface area contributed by atoms with Crippen LogP contribution >= 0.6 is 0 Å². The lowest BCUT2D eigenvalue weighted by Crippen LogP contribution is -2.41. The van der Waals surface area contributed by atoms with Crippen LogP contribution in [-0.2, 0) is 0 Å². The molecule has 0 fully saturated rings. The van der Waals surface area contributed by atoms with Crippen molar-refractivity contribution in [3.8, 4) is 11.5 Å². The van der Waals surface area contributed by atoms with E-state index >= 15 is 0 Å². The summed E-state index contributed by atoms with van der Waals surface area (Å²) < 4.78 is 6.08. The van der Waals surface area contributed by atoms with E-state index in [9.17, 15) is 9.59 Å². The molecule has 0 saturated carbocycles. The Morgan fingerprint density at radius 2 is 1.37 bits per heavy atom. The first-order valence-corrected chi connectivity index (χ1v) is 11.9.